The van der Waals surface area contributed by atoms with E-state index in [9.17, 15) is 4.79 Å². The lowest BCUT2D eigenvalue weighted by atomic mass is 10.1. The number of hydrogen-bond donors (Lipinski definition) is 1. The third kappa shape index (κ3) is 2.72. The van der Waals surface area contributed by atoms with Gasteiger partial charge in [0.2, 0.25) is 0 Å². The van der Waals surface area contributed by atoms with Gasteiger partial charge < -0.3 is 9.84 Å². The van der Waals surface area contributed by atoms with Crippen molar-refractivity contribution >= 4 is 5.97 Å². The zero-order chi connectivity index (χ0) is 11.4. The lowest BCUT2D eigenvalue weighted by Crippen LogP contribution is -2.13. The molecule has 82 valence electrons. The second kappa shape index (κ2) is 4.82. The Bertz CT molecular complexity index is 358. The van der Waals surface area contributed by atoms with Crippen LogP contribution in [0.5, 0.6) is 5.75 Å². The fourth-order valence-corrected chi connectivity index (χ4v) is 1.26. The van der Waals surface area contributed by atoms with Gasteiger partial charge in [-0.15, -0.1) is 0 Å². The molecule has 1 rings (SSSR count). The highest BCUT2D eigenvalue weighted by molar-refractivity contribution is 5.91. The third-order valence-corrected chi connectivity index (χ3v) is 2.34. The van der Waals surface area contributed by atoms with E-state index in [0.29, 0.717) is 5.75 Å². The minimum Gasteiger partial charge on any atom is -0.490 e. The number of rotatable bonds is 4. The average molecular weight is 208 g/mol. The Kier molecular flexibility index (Phi) is 3.72. The molecule has 1 aromatic carbocycles. The summed E-state index contributed by atoms with van der Waals surface area (Å²) in [5.74, 6) is -0.462. The highest BCUT2D eigenvalue weighted by Gasteiger charge is 2.14. The molecule has 1 aromatic rings. The summed E-state index contributed by atoms with van der Waals surface area (Å²) in [6, 6.07) is 5.14. The predicted molar refractivity (Wildman–Crippen MR) is 58.5 cm³/mol. The van der Waals surface area contributed by atoms with Gasteiger partial charge in [-0.05, 0) is 31.9 Å². The maximum absolute atomic E-state index is 11.0. The standard InChI is InChI=1S/C12H16O3/c1-4-9(3)15-11-8(2)6-5-7-10(11)12(13)14/h5-7,9H,4H2,1-3H3,(H,13,14). The van der Waals surface area contributed by atoms with E-state index in [1.807, 2.05) is 26.8 Å². The first-order chi connectivity index (χ1) is 7.06. The number of carboxylic acid groups (broad SMARTS) is 1. The molecule has 3 nitrogen and oxygen atoms in total. The van der Waals surface area contributed by atoms with Crippen LogP contribution in [-0.4, -0.2) is 17.2 Å². The summed E-state index contributed by atoms with van der Waals surface area (Å²) in [5, 5.41) is 9.00. The Morgan fingerprint density at radius 2 is 2.20 bits per heavy atom. The van der Waals surface area contributed by atoms with E-state index in [1.54, 1.807) is 12.1 Å². The summed E-state index contributed by atoms with van der Waals surface area (Å²) >= 11 is 0. The van der Waals surface area contributed by atoms with Crippen molar-refractivity contribution in [3.8, 4) is 5.75 Å². The number of aromatic carboxylic acids is 1. The van der Waals surface area contributed by atoms with Crippen LogP contribution in [0.3, 0.4) is 0 Å². The lowest BCUT2D eigenvalue weighted by molar-refractivity contribution is 0.0689. The molecule has 0 bridgehead atoms. The van der Waals surface area contributed by atoms with E-state index in [0.717, 1.165) is 12.0 Å². The van der Waals surface area contributed by atoms with Crippen molar-refractivity contribution in [1.82, 2.24) is 0 Å². The average Bonchev–Trinajstić information content (AvgIpc) is 2.20. The number of para-hydroxylation sites is 1. The molecule has 0 amide bonds. The van der Waals surface area contributed by atoms with Gasteiger partial charge in [0.25, 0.3) is 0 Å². The molecule has 0 aromatic heterocycles. The summed E-state index contributed by atoms with van der Waals surface area (Å²) in [5.41, 5.74) is 1.09. The molecule has 0 heterocycles. The van der Waals surface area contributed by atoms with Crippen LogP contribution in [0.25, 0.3) is 0 Å². The summed E-state index contributed by atoms with van der Waals surface area (Å²) in [4.78, 5) is 11.0. The van der Waals surface area contributed by atoms with Crippen molar-refractivity contribution < 1.29 is 14.6 Å². The molecule has 0 spiro atoms. The first-order valence-corrected chi connectivity index (χ1v) is 5.05. The van der Waals surface area contributed by atoms with Crippen molar-refractivity contribution in [1.29, 1.82) is 0 Å². The molecular weight excluding hydrogens is 192 g/mol. The number of ether oxygens (including phenoxy) is 1. The van der Waals surface area contributed by atoms with Gasteiger partial charge in [0.15, 0.2) is 0 Å². The Morgan fingerprint density at radius 1 is 1.53 bits per heavy atom. The van der Waals surface area contributed by atoms with Crippen LogP contribution in [0, 0.1) is 6.92 Å². The molecule has 0 fully saturated rings. The third-order valence-electron chi connectivity index (χ3n) is 2.34. The van der Waals surface area contributed by atoms with E-state index in [1.165, 1.54) is 0 Å². The number of hydrogen-bond acceptors (Lipinski definition) is 2. The van der Waals surface area contributed by atoms with Crippen LogP contribution >= 0.6 is 0 Å². The van der Waals surface area contributed by atoms with Gasteiger partial charge in [0.1, 0.15) is 11.3 Å². The van der Waals surface area contributed by atoms with Crippen LogP contribution < -0.4 is 4.74 Å². The molecule has 0 aliphatic heterocycles. The number of carboxylic acids is 1. The van der Waals surface area contributed by atoms with Crippen LogP contribution in [0.15, 0.2) is 18.2 Å². The van der Waals surface area contributed by atoms with Gasteiger partial charge in [0.05, 0.1) is 6.10 Å². The van der Waals surface area contributed by atoms with Crippen molar-refractivity contribution in [2.24, 2.45) is 0 Å². The van der Waals surface area contributed by atoms with Crippen molar-refractivity contribution in [2.75, 3.05) is 0 Å². The molecule has 0 aliphatic rings. The summed E-state index contributed by atoms with van der Waals surface area (Å²) < 4.78 is 5.61. The largest absolute Gasteiger partial charge is 0.490 e. The van der Waals surface area contributed by atoms with E-state index in [-0.39, 0.29) is 11.7 Å². The normalized spacial score (nSPS) is 12.2. The fraction of sp³-hybridized carbons (Fsp3) is 0.417. The lowest BCUT2D eigenvalue weighted by Gasteiger charge is -2.16. The van der Waals surface area contributed by atoms with Crippen molar-refractivity contribution in [3.05, 3.63) is 29.3 Å². The van der Waals surface area contributed by atoms with Gasteiger partial charge in [-0.3, -0.25) is 0 Å². The maximum atomic E-state index is 11.0. The number of benzene rings is 1. The van der Waals surface area contributed by atoms with Crippen LogP contribution in [0.2, 0.25) is 0 Å². The van der Waals surface area contributed by atoms with E-state index < -0.39 is 5.97 Å². The topological polar surface area (TPSA) is 46.5 Å². The zero-order valence-corrected chi connectivity index (χ0v) is 9.28. The molecular formula is C12H16O3. The predicted octanol–water partition coefficient (Wildman–Crippen LogP) is 2.87. The highest BCUT2D eigenvalue weighted by atomic mass is 16.5. The molecule has 1 atom stereocenters. The Morgan fingerprint density at radius 3 is 2.73 bits per heavy atom. The zero-order valence-electron chi connectivity index (χ0n) is 9.28. The van der Waals surface area contributed by atoms with E-state index in [2.05, 4.69) is 0 Å². The van der Waals surface area contributed by atoms with Crippen LogP contribution in [0.4, 0.5) is 0 Å². The second-order valence-electron chi connectivity index (χ2n) is 3.59. The monoisotopic (exact) mass is 208 g/mol. The SMILES string of the molecule is CCC(C)Oc1c(C)cccc1C(=O)O. The number of carbonyl (C=O) groups is 1. The van der Waals surface area contributed by atoms with Gasteiger partial charge in [-0.25, -0.2) is 4.79 Å². The first kappa shape index (κ1) is 11.6. The van der Waals surface area contributed by atoms with Crippen LogP contribution in [0.1, 0.15) is 36.2 Å². The summed E-state index contributed by atoms with van der Waals surface area (Å²) in [6.45, 7) is 5.78. The second-order valence-corrected chi connectivity index (χ2v) is 3.59. The van der Waals surface area contributed by atoms with Gasteiger partial charge >= 0.3 is 5.97 Å². The molecule has 0 radical (unpaired) electrons. The Balaban J connectivity index is 3.07. The molecule has 0 aliphatic carbocycles. The van der Waals surface area contributed by atoms with Gasteiger partial charge in [-0.2, -0.15) is 0 Å². The van der Waals surface area contributed by atoms with Gasteiger partial charge in [-0.1, -0.05) is 19.1 Å². The summed E-state index contributed by atoms with van der Waals surface area (Å²) in [7, 11) is 0. The van der Waals surface area contributed by atoms with E-state index in [4.69, 9.17) is 9.84 Å². The number of aryl methyl sites for hydroxylation is 1. The quantitative estimate of drug-likeness (QED) is 0.827. The minimum absolute atomic E-state index is 0.0317. The molecule has 3 heteroatoms. The van der Waals surface area contributed by atoms with Crippen molar-refractivity contribution in [3.63, 3.8) is 0 Å². The molecule has 0 saturated heterocycles. The van der Waals surface area contributed by atoms with Crippen molar-refractivity contribution in [2.45, 2.75) is 33.3 Å². The maximum Gasteiger partial charge on any atom is 0.339 e. The minimum atomic E-state index is -0.947. The molecule has 1 unspecified atom stereocenters. The Hall–Kier alpha value is -1.51. The molecule has 0 saturated carbocycles. The molecule has 15 heavy (non-hydrogen) atoms. The highest BCUT2D eigenvalue weighted by Crippen LogP contribution is 2.24. The Labute approximate surface area is 89.7 Å². The fourth-order valence-electron chi connectivity index (χ4n) is 1.26. The van der Waals surface area contributed by atoms with E-state index >= 15 is 0 Å². The van der Waals surface area contributed by atoms with Crippen LogP contribution in [-0.2, 0) is 0 Å². The smallest absolute Gasteiger partial charge is 0.339 e. The first-order valence-electron chi connectivity index (χ1n) is 5.05. The van der Waals surface area contributed by atoms with Gasteiger partial charge in [0, 0.05) is 0 Å². The molecule has 1 N–H and O–H groups in total. The summed E-state index contributed by atoms with van der Waals surface area (Å²) in [6.07, 6.45) is 0.886.